The lowest BCUT2D eigenvalue weighted by molar-refractivity contribution is -0.143. The molecule has 1 heterocycles. The van der Waals surface area contributed by atoms with Crippen LogP contribution in [-0.2, 0) is 14.3 Å². The molecular weight excluding hydrogens is 292 g/mol. The van der Waals surface area contributed by atoms with Crippen LogP contribution in [0.3, 0.4) is 0 Å². The maximum absolute atomic E-state index is 12.3. The van der Waals surface area contributed by atoms with E-state index in [0.29, 0.717) is 12.2 Å². The van der Waals surface area contributed by atoms with Gasteiger partial charge in [0.15, 0.2) is 0 Å². The normalized spacial score (nSPS) is 26.0. The van der Waals surface area contributed by atoms with E-state index in [9.17, 15) is 9.59 Å². The Labute approximate surface area is 136 Å². The number of fused-ring (bicyclic) bond motifs is 1. The summed E-state index contributed by atoms with van der Waals surface area (Å²) in [5.74, 6) is -0.254. The third-order valence-electron chi connectivity index (χ3n) is 4.95. The van der Waals surface area contributed by atoms with Gasteiger partial charge in [-0.2, -0.15) is 0 Å². The molecule has 2 unspecified atom stereocenters. The number of benzene rings is 1. The van der Waals surface area contributed by atoms with Gasteiger partial charge in [-0.3, -0.25) is 4.79 Å². The molecule has 1 aromatic carbocycles. The minimum atomic E-state index is -0.569. The van der Waals surface area contributed by atoms with Crippen molar-refractivity contribution in [1.82, 2.24) is 0 Å². The van der Waals surface area contributed by atoms with Crippen molar-refractivity contribution in [3.8, 4) is 0 Å². The molecule has 0 spiro atoms. The molecule has 2 fully saturated rings. The topological polar surface area (TPSA) is 52.6 Å². The van der Waals surface area contributed by atoms with E-state index in [1.807, 2.05) is 26.0 Å². The molecule has 0 N–H and O–H groups in total. The first-order valence-electron chi connectivity index (χ1n) is 8.13. The number of rotatable bonds is 4. The predicted molar refractivity (Wildman–Crippen MR) is 86.8 cm³/mol. The largest absolute Gasteiger partial charge is 0.465 e. The number of hydrogen-bond acceptors (Lipinski definition) is 4. The number of carbonyl (C=O) groups excluding carboxylic acids is 2. The second kappa shape index (κ2) is 5.84. The number of ether oxygens (including phenoxy) is 2. The highest BCUT2D eigenvalue weighted by Crippen LogP contribution is 2.55. The monoisotopic (exact) mass is 314 g/mol. The number of hydrogen-bond donors (Lipinski definition) is 0. The minimum Gasteiger partial charge on any atom is -0.465 e. The fourth-order valence-corrected chi connectivity index (χ4v) is 3.74. The summed E-state index contributed by atoms with van der Waals surface area (Å²) in [6.45, 7) is 8.33. The van der Waals surface area contributed by atoms with E-state index >= 15 is 0 Å². The summed E-state index contributed by atoms with van der Waals surface area (Å²) >= 11 is 0. The minimum absolute atomic E-state index is 0.145. The van der Waals surface area contributed by atoms with Crippen LogP contribution in [0.5, 0.6) is 0 Å². The van der Waals surface area contributed by atoms with Gasteiger partial charge >= 0.3 is 11.9 Å². The van der Waals surface area contributed by atoms with Gasteiger partial charge in [-0.15, -0.1) is 0 Å². The molecule has 1 aromatic rings. The lowest BCUT2D eigenvalue weighted by atomic mass is 9.72. The molecule has 2 aliphatic rings. The van der Waals surface area contributed by atoms with Crippen molar-refractivity contribution < 1.29 is 19.1 Å². The number of esters is 2. The first kappa shape index (κ1) is 15.8. The van der Waals surface area contributed by atoms with Crippen molar-refractivity contribution in [1.29, 1.82) is 0 Å². The smallest absolute Gasteiger partial charge is 0.338 e. The lowest BCUT2D eigenvalue weighted by Gasteiger charge is -2.27. The van der Waals surface area contributed by atoms with Gasteiger partial charge in [0.25, 0.3) is 0 Å². The molecule has 1 saturated heterocycles. The molecule has 4 heteroatoms. The predicted octanol–water partition coefficient (Wildman–Crippen LogP) is 3.61. The van der Waals surface area contributed by atoms with E-state index < -0.39 is 5.41 Å². The van der Waals surface area contributed by atoms with Crippen LogP contribution in [0, 0.1) is 11.3 Å². The Bertz CT molecular complexity index is 644. The van der Waals surface area contributed by atoms with Gasteiger partial charge in [-0.05, 0) is 50.0 Å². The van der Waals surface area contributed by atoms with E-state index in [1.165, 1.54) is 0 Å². The highest BCUT2D eigenvalue weighted by molar-refractivity contribution is 5.95. The summed E-state index contributed by atoms with van der Waals surface area (Å²) in [5, 5.41) is 0. The Morgan fingerprint density at radius 3 is 2.61 bits per heavy atom. The molecule has 0 bridgehead atoms. The summed E-state index contributed by atoms with van der Waals surface area (Å²) in [6, 6.07) is 7.14. The van der Waals surface area contributed by atoms with Crippen LogP contribution in [0.15, 0.2) is 30.8 Å². The number of carbonyl (C=O) groups is 2. The quantitative estimate of drug-likeness (QED) is 0.797. The molecule has 1 aliphatic heterocycles. The first-order valence-corrected chi connectivity index (χ1v) is 8.13. The maximum Gasteiger partial charge on any atom is 0.338 e. The van der Waals surface area contributed by atoms with Gasteiger partial charge in [-0.25, -0.2) is 4.79 Å². The van der Waals surface area contributed by atoms with Crippen molar-refractivity contribution in [2.24, 2.45) is 11.3 Å². The second-order valence-corrected chi connectivity index (χ2v) is 6.67. The van der Waals surface area contributed by atoms with Crippen LogP contribution in [0.1, 0.15) is 49.0 Å². The maximum atomic E-state index is 12.3. The number of cyclic esters (lactones) is 1. The van der Waals surface area contributed by atoms with E-state index in [-0.39, 0.29) is 24.0 Å². The van der Waals surface area contributed by atoms with Crippen LogP contribution in [0.2, 0.25) is 0 Å². The molecule has 23 heavy (non-hydrogen) atoms. The van der Waals surface area contributed by atoms with Crippen LogP contribution < -0.4 is 0 Å². The van der Waals surface area contributed by atoms with E-state index in [2.05, 4.69) is 6.58 Å². The molecule has 1 saturated carbocycles. The first-order chi connectivity index (χ1) is 10.9. The van der Waals surface area contributed by atoms with Gasteiger partial charge in [0.1, 0.15) is 0 Å². The molecular formula is C19H22O4. The van der Waals surface area contributed by atoms with Crippen LogP contribution in [0.25, 0.3) is 5.57 Å². The molecule has 2 atom stereocenters. The lowest BCUT2D eigenvalue weighted by Crippen LogP contribution is -2.30. The highest BCUT2D eigenvalue weighted by Gasteiger charge is 2.56. The van der Waals surface area contributed by atoms with Crippen LogP contribution in [-0.4, -0.2) is 24.6 Å². The third kappa shape index (κ3) is 2.56. The van der Waals surface area contributed by atoms with Crippen molar-refractivity contribution in [3.05, 3.63) is 42.0 Å². The van der Waals surface area contributed by atoms with Gasteiger partial charge in [0, 0.05) is 5.92 Å². The van der Waals surface area contributed by atoms with Crippen LogP contribution >= 0.6 is 0 Å². The highest BCUT2D eigenvalue weighted by atomic mass is 16.5. The zero-order valence-corrected chi connectivity index (χ0v) is 13.6. The SMILES string of the molecule is C=C(c1ccc(C(=O)OC(C)C)cc1)C12CCCC1COC2=O. The van der Waals surface area contributed by atoms with Crippen molar-refractivity contribution in [2.75, 3.05) is 6.61 Å². The Morgan fingerprint density at radius 2 is 1.96 bits per heavy atom. The zero-order chi connectivity index (χ0) is 16.6. The molecule has 3 rings (SSSR count). The molecule has 0 aromatic heterocycles. The average molecular weight is 314 g/mol. The van der Waals surface area contributed by atoms with Crippen molar-refractivity contribution in [2.45, 2.75) is 39.2 Å². The fourth-order valence-electron chi connectivity index (χ4n) is 3.74. The molecule has 0 radical (unpaired) electrons. The van der Waals surface area contributed by atoms with Gasteiger partial charge in [0.2, 0.25) is 0 Å². The Kier molecular flexibility index (Phi) is 4.00. The summed E-state index contributed by atoms with van der Waals surface area (Å²) in [4.78, 5) is 24.2. The molecule has 4 nitrogen and oxygen atoms in total. The summed E-state index contributed by atoms with van der Waals surface area (Å²) in [7, 11) is 0. The average Bonchev–Trinajstić information content (AvgIpc) is 3.08. The van der Waals surface area contributed by atoms with Crippen molar-refractivity contribution >= 4 is 17.5 Å². The summed E-state index contributed by atoms with van der Waals surface area (Å²) in [5.41, 5.74) is 1.63. The third-order valence-corrected chi connectivity index (χ3v) is 4.95. The molecule has 122 valence electrons. The van der Waals surface area contributed by atoms with Crippen molar-refractivity contribution in [3.63, 3.8) is 0 Å². The van der Waals surface area contributed by atoms with Crippen LogP contribution in [0.4, 0.5) is 0 Å². The Balaban J connectivity index is 1.83. The standard InChI is InChI=1S/C19H22O4/c1-12(2)23-17(20)15-8-6-14(7-9-15)13(3)19-10-4-5-16(19)11-22-18(19)21/h6-9,12,16H,3-5,10-11H2,1-2H3. The molecule has 1 aliphatic carbocycles. The van der Waals surface area contributed by atoms with Gasteiger partial charge in [-0.1, -0.05) is 25.1 Å². The molecule has 0 amide bonds. The zero-order valence-electron chi connectivity index (χ0n) is 13.6. The Morgan fingerprint density at radius 1 is 1.30 bits per heavy atom. The summed E-state index contributed by atoms with van der Waals surface area (Å²) < 4.78 is 10.5. The van der Waals surface area contributed by atoms with E-state index in [4.69, 9.17) is 9.47 Å². The van der Waals surface area contributed by atoms with Gasteiger partial charge < -0.3 is 9.47 Å². The van der Waals surface area contributed by atoms with E-state index in [1.54, 1.807) is 12.1 Å². The van der Waals surface area contributed by atoms with E-state index in [0.717, 1.165) is 30.4 Å². The fraction of sp³-hybridized carbons (Fsp3) is 0.474. The second-order valence-electron chi connectivity index (χ2n) is 6.67. The summed E-state index contributed by atoms with van der Waals surface area (Å²) in [6.07, 6.45) is 2.68. The Hall–Kier alpha value is -2.10. The van der Waals surface area contributed by atoms with Gasteiger partial charge in [0.05, 0.1) is 23.7 Å².